The third-order valence-corrected chi connectivity index (χ3v) is 10.5. The highest BCUT2D eigenvalue weighted by Gasteiger charge is 2.60. The van der Waals surface area contributed by atoms with Crippen LogP contribution in [0.15, 0.2) is 0 Å². The molecule has 0 saturated heterocycles. The highest BCUT2D eigenvalue weighted by Crippen LogP contribution is 2.68. The van der Waals surface area contributed by atoms with E-state index in [1.165, 1.54) is 59.3 Å². The predicted molar refractivity (Wildman–Crippen MR) is 128 cm³/mol. The van der Waals surface area contributed by atoms with Crippen molar-refractivity contribution < 1.29 is 28.6 Å². The summed E-state index contributed by atoms with van der Waals surface area (Å²) in [6.45, 7) is 9.52. The maximum Gasteiger partial charge on any atom is 0.303 e. The van der Waals surface area contributed by atoms with E-state index in [1.54, 1.807) is 0 Å². The Kier molecular flexibility index (Phi) is 7.36. The molecule has 9 atom stereocenters. The molecule has 0 spiro atoms. The molecule has 34 heavy (non-hydrogen) atoms. The molecule has 4 aliphatic rings. The van der Waals surface area contributed by atoms with E-state index in [9.17, 15) is 14.4 Å². The van der Waals surface area contributed by atoms with Crippen LogP contribution in [0.5, 0.6) is 0 Å². The van der Waals surface area contributed by atoms with Gasteiger partial charge < -0.3 is 14.2 Å². The fourth-order valence-corrected chi connectivity index (χ4v) is 8.97. The van der Waals surface area contributed by atoms with E-state index in [0.717, 1.165) is 37.5 Å². The van der Waals surface area contributed by atoms with Gasteiger partial charge in [-0.2, -0.15) is 0 Å². The predicted octanol–water partition coefficient (Wildman–Crippen LogP) is 5.46. The molecule has 0 aliphatic heterocycles. The van der Waals surface area contributed by atoms with E-state index in [4.69, 9.17) is 14.2 Å². The van der Waals surface area contributed by atoms with E-state index in [1.807, 2.05) is 0 Å². The van der Waals surface area contributed by atoms with Gasteiger partial charge in [-0.25, -0.2) is 0 Å². The van der Waals surface area contributed by atoms with Gasteiger partial charge in [0.15, 0.2) is 0 Å². The minimum atomic E-state index is -0.357. The van der Waals surface area contributed by atoms with E-state index >= 15 is 0 Å². The molecule has 6 nitrogen and oxygen atoms in total. The zero-order valence-corrected chi connectivity index (χ0v) is 21.8. The lowest BCUT2D eigenvalue weighted by molar-refractivity contribution is -0.162. The lowest BCUT2D eigenvalue weighted by Crippen LogP contribution is -2.54. The molecule has 4 aliphatic carbocycles. The van der Waals surface area contributed by atoms with E-state index < -0.39 is 0 Å². The number of fused-ring (bicyclic) bond motifs is 5. The first kappa shape index (κ1) is 25.5. The molecule has 0 aromatic carbocycles. The third-order valence-electron chi connectivity index (χ3n) is 10.5. The third kappa shape index (κ3) is 4.88. The van der Waals surface area contributed by atoms with Gasteiger partial charge in [0.2, 0.25) is 0 Å². The van der Waals surface area contributed by atoms with E-state index in [0.29, 0.717) is 23.2 Å². The van der Waals surface area contributed by atoms with Crippen molar-refractivity contribution in [1.82, 2.24) is 0 Å². The normalized spacial score (nSPS) is 41.9. The quantitative estimate of drug-likeness (QED) is 0.374. The molecule has 0 radical (unpaired) electrons. The largest absolute Gasteiger partial charge is 0.463 e. The van der Waals surface area contributed by atoms with Crippen LogP contribution in [0.25, 0.3) is 0 Å². The van der Waals surface area contributed by atoms with Crippen LogP contribution in [0.2, 0.25) is 0 Å². The number of hydrogen-bond acceptors (Lipinski definition) is 6. The lowest BCUT2D eigenvalue weighted by atomic mass is 9.44. The number of rotatable bonds is 6. The summed E-state index contributed by atoms with van der Waals surface area (Å²) in [6.07, 6.45) is 11.2. The van der Waals surface area contributed by atoms with Gasteiger partial charge in [0.1, 0.15) is 18.8 Å². The summed E-state index contributed by atoms with van der Waals surface area (Å²) in [6, 6.07) is 0. The van der Waals surface area contributed by atoms with Crippen molar-refractivity contribution in [3.05, 3.63) is 0 Å². The second kappa shape index (κ2) is 9.81. The van der Waals surface area contributed by atoms with Crippen molar-refractivity contribution >= 4 is 17.9 Å². The first-order valence-corrected chi connectivity index (χ1v) is 13.5. The SMILES string of the molecule is CC(=O)OCC(C[C@@H]1CC[C@@H]2[C@H]3CC[C@@H]4C[C@H](OC(C)=O)CC[C@@]4(C)[C@@H]3CC[C@@]12C)OC(C)=O. The van der Waals surface area contributed by atoms with Gasteiger partial charge in [-0.3, -0.25) is 14.4 Å². The van der Waals surface area contributed by atoms with Gasteiger partial charge in [0.25, 0.3) is 0 Å². The molecule has 0 aromatic heterocycles. The maximum absolute atomic E-state index is 11.7. The number of ether oxygens (including phenoxy) is 3. The molecule has 192 valence electrons. The zero-order chi connectivity index (χ0) is 24.7. The van der Waals surface area contributed by atoms with Gasteiger partial charge in [0, 0.05) is 20.8 Å². The molecule has 0 aromatic rings. The fraction of sp³-hybridized carbons (Fsp3) is 0.893. The van der Waals surface area contributed by atoms with Crippen LogP contribution in [-0.2, 0) is 28.6 Å². The number of carbonyl (C=O) groups excluding carboxylic acids is 3. The molecule has 4 fully saturated rings. The summed E-state index contributed by atoms with van der Waals surface area (Å²) in [5.41, 5.74) is 0.614. The molecule has 4 rings (SSSR count). The highest BCUT2D eigenvalue weighted by molar-refractivity contribution is 5.67. The van der Waals surface area contributed by atoms with Crippen LogP contribution in [0.3, 0.4) is 0 Å². The summed E-state index contributed by atoms with van der Waals surface area (Å²) in [4.78, 5) is 34.5. The molecule has 0 N–H and O–H groups in total. The van der Waals surface area contributed by atoms with Crippen LogP contribution in [0, 0.1) is 40.4 Å². The van der Waals surface area contributed by atoms with Crippen LogP contribution in [0.4, 0.5) is 0 Å². The van der Waals surface area contributed by atoms with Crippen molar-refractivity contribution in [2.45, 2.75) is 111 Å². The molecule has 0 heterocycles. The monoisotopic (exact) mass is 476 g/mol. The van der Waals surface area contributed by atoms with Gasteiger partial charge in [-0.05, 0) is 105 Å². The second-order valence-corrected chi connectivity index (χ2v) is 12.3. The summed E-state index contributed by atoms with van der Waals surface area (Å²) in [5.74, 6) is 2.59. The van der Waals surface area contributed by atoms with E-state index in [2.05, 4.69) is 13.8 Å². The smallest absolute Gasteiger partial charge is 0.303 e. The Balaban J connectivity index is 1.45. The zero-order valence-electron chi connectivity index (χ0n) is 21.8. The molecular formula is C28H44O6. The van der Waals surface area contributed by atoms with Crippen molar-refractivity contribution in [3.8, 4) is 0 Å². The maximum atomic E-state index is 11.7. The Labute approximate surface area is 204 Å². The highest BCUT2D eigenvalue weighted by atomic mass is 16.6. The Bertz CT molecular complexity index is 794. The summed E-state index contributed by atoms with van der Waals surface area (Å²) in [5, 5.41) is 0. The molecular weight excluding hydrogens is 432 g/mol. The number of esters is 3. The average Bonchev–Trinajstić information content (AvgIpc) is 3.07. The molecule has 0 amide bonds. The first-order valence-electron chi connectivity index (χ1n) is 13.5. The van der Waals surface area contributed by atoms with E-state index in [-0.39, 0.29) is 42.1 Å². The minimum absolute atomic E-state index is 0.104. The number of hydrogen-bond donors (Lipinski definition) is 0. The fourth-order valence-electron chi connectivity index (χ4n) is 8.97. The van der Waals surface area contributed by atoms with Crippen LogP contribution in [0.1, 0.15) is 98.8 Å². The lowest BCUT2D eigenvalue weighted by Gasteiger charge is -2.61. The Morgan fingerprint density at radius 1 is 0.824 bits per heavy atom. The minimum Gasteiger partial charge on any atom is -0.463 e. The number of carbonyl (C=O) groups is 3. The Morgan fingerprint density at radius 3 is 2.21 bits per heavy atom. The van der Waals surface area contributed by atoms with Gasteiger partial charge in [0.05, 0.1) is 0 Å². The summed E-state index contributed by atoms with van der Waals surface area (Å²) < 4.78 is 16.4. The van der Waals surface area contributed by atoms with Crippen LogP contribution < -0.4 is 0 Å². The summed E-state index contributed by atoms with van der Waals surface area (Å²) >= 11 is 0. The Morgan fingerprint density at radius 2 is 1.53 bits per heavy atom. The summed E-state index contributed by atoms with van der Waals surface area (Å²) in [7, 11) is 0. The Hall–Kier alpha value is -1.59. The van der Waals surface area contributed by atoms with Crippen LogP contribution in [-0.4, -0.2) is 36.7 Å². The molecule has 1 unspecified atom stereocenters. The van der Waals surface area contributed by atoms with Gasteiger partial charge in [-0.1, -0.05) is 13.8 Å². The van der Waals surface area contributed by atoms with Crippen molar-refractivity contribution in [1.29, 1.82) is 0 Å². The van der Waals surface area contributed by atoms with Crippen LogP contribution >= 0.6 is 0 Å². The van der Waals surface area contributed by atoms with Crippen molar-refractivity contribution in [2.75, 3.05) is 6.61 Å². The van der Waals surface area contributed by atoms with Gasteiger partial charge in [-0.15, -0.1) is 0 Å². The van der Waals surface area contributed by atoms with Crippen molar-refractivity contribution in [3.63, 3.8) is 0 Å². The average molecular weight is 477 g/mol. The second-order valence-electron chi connectivity index (χ2n) is 12.3. The molecule has 4 saturated carbocycles. The molecule has 0 bridgehead atoms. The molecule has 6 heteroatoms. The van der Waals surface area contributed by atoms with Gasteiger partial charge >= 0.3 is 17.9 Å². The first-order chi connectivity index (χ1) is 16.0. The topological polar surface area (TPSA) is 78.9 Å². The van der Waals surface area contributed by atoms with Crippen molar-refractivity contribution in [2.24, 2.45) is 40.4 Å². The standard InChI is InChI=1S/C28H44O6/c1-17(29)32-16-23(34-19(3)31)15-21-7-9-25-24-8-6-20-14-22(33-18(2)30)10-12-27(20,4)26(24)11-13-28(21,25)5/h20-26H,6-16H2,1-5H3/t20-,21+,22-,23?,24-,25-,26-,27-,28+/m1/s1.